The summed E-state index contributed by atoms with van der Waals surface area (Å²) in [5, 5.41) is 7.04. The van der Waals surface area contributed by atoms with Crippen LogP contribution in [0.4, 0.5) is 14.5 Å². The smallest absolute Gasteiger partial charge is 0.255 e. The van der Waals surface area contributed by atoms with Crippen LogP contribution in [-0.4, -0.2) is 35.8 Å². The van der Waals surface area contributed by atoms with Gasteiger partial charge in [0.15, 0.2) is 0 Å². The number of aromatic nitrogens is 2. The number of para-hydroxylation sites is 1. The summed E-state index contributed by atoms with van der Waals surface area (Å²) in [6, 6.07) is 13.3. The fourth-order valence-corrected chi connectivity index (χ4v) is 3.12. The molecule has 1 N–H and O–H groups in total. The first-order valence-corrected chi connectivity index (χ1v) is 9.49. The number of unbranched alkanes of at least 4 members (excludes halogenated alkanes) is 1. The third-order valence-electron chi connectivity index (χ3n) is 4.66. The van der Waals surface area contributed by atoms with Crippen molar-refractivity contribution in [1.82, 2.24) is 15.1 Å². The van der Waals surface area contributed by atoms with E-state index in [2.05, 4.69) is 27.4 Å². The second kappa shape index (κ2) is 9.32. The molecule has 0 saturated carbocycles. The molecular weight excluding hydrogens is 374 g/mol. The molecule has 5 nitrogen and oxygen atoms in total. The molecule has 29 heavy (non-hydrogen) atoms. The second-order valence-corrected chi connectivity index (χ2v) is 6.91. The van der Waals surface area contributed by atoms with Gasteiger partial charge in [-0.05, 0) is 37.1 Å². The van der Waals surface area contributed by atoms with Gasteiger partial charge >= 0.3 is 0 Å². The Morgan fingerprint density at radius 2 is 1.90 bits per heavy atom. The molecule has 1 heterocycles. The number of nitrogens with zero attached hydrogens (tertiary/aromatic N) is 3. The van der Waals surface area contributed by atoms with E-state index in [0.29, 0.717) is 6.54 Å². The fourth-order valence-electron chi connectivity index (χ4n) is 3.12. The zero-order chi connectivity index (χ0) is 20.8. The van der Waals surface area contributed by atoms with Crippen LogP contribution in [0.25, 0.3) is 11.3 Å². The standard InChI is InChI=1S/C22H24F2N4O/c1-27(17-8-4-3-5-9-17)13-7-6-12-25-22(29)19-15-28(2)26-21(19)18-11-10-16(23)14-20(18)24/h3-5,8-11,14-15H,6-7,12-13H2,1-2H3,(H,25,29). The number of nitrogens with one attached hydrogen (secondary N) is 1. The number of hydrogen-bond donors (Lipinski definition) is 1. The van der Waals surface area contributed by atoms with Gasteiger partial charge in [-0.3, -0.25) is 9.48 Å². The van der Waals surface area contributed by atoms with Crippen molar-refractivity contribution < 1.29 is 13.6 Å². The van der Waals surface area contributed by atoms with Gasteiger partial charge in [0.05, 0.1) is 5.56 Å². The molecule has 0 bridgehead atoms. The summed E-state index contributed by atoms with van der Waals surface area (Å²) < 4.78 is 28.8. The normalized spacial score (nSPS) is 10.8. The first-order chi connectivity index (χ1) is 14.0. The Morgan fingerprint density at radius 3 is 2.62 bits per heavy atom. The monoisotopic (exact) mass is 398 g/mol. The zero-order valence-corrected chi connectivity index (χ0v) is 16.5. The minimum atomic E-state index is -0.748. The molecule has 3 rings (SSSR count). The maximum absolute atomic E-state index is 14.1. The zero-order valence-electron chi connectivity index (χ0n) is 16.5. The minimum absolute atomic E-state index is 0.0987. The molecule has 0 spiro atoms. The predicted molar refractivity (Wildman–Crippen MR) is 110 cm³/mol. The van der Waals surface area contributed by atoms with Gasteiger partial charge in [-0.1, -0.05) is 18.2 Å². The highest BCUT2D eigenvalue weighted by molar-refractivity contribution is 5.99. The van der Waals surface area contributed by atoms with Crippen LogP contribution in [0.3, 0.4) is 0 Å². The van der Waals surface area contributed by atoms with Crippen LogP contribution in [0, 0.1) is 11.6 Å². The van der Waals surface area contributed by atoms with E-state index in [0.717, 1.165) is 37.2 Å². The lowest BCUT2D eigenvalue weighted by atomic mass is 10.1. The fraction of sp³-hybridized carbons (Fsp3) is 0.273. The summed E-state index contributed by atoms with van der Waals surface area (Å²) in [6.45, 7) is 1.38. The quantitative estimate of drug-likeness (QED) is 0.584. The highest BCUT2D eigenvalue weighted by atomic mass is 19.1. The molecule has 0 aliphatic heterocycles. The Bertz CT molecular complexity index is 972. The third kappa shape index (κ3) is 5.19. The molecule has 0 saturated heterocycles. The number of aryl methyl sites for hydroxylation is 1. The Morgan fingerprint density at radius 1 is 1.14 bits per heavy atom. The summed E-state index contributed by atoms with van der Waals surface area (Å²) >= 11 is 0. The number of anilines is 1. The highest BCUT2D eigenvalue weighted by Crippen LogP contribution is 2.25. The SMILES string of the molecule is CN(CCCCNC(=O)c1cn(C)nc1-c1ccc(F)cc1F)c1ccccc1. The lowest BCUT2D eigenvalue weighted by Crippen LogP contribution is -2.26. The van der Waals surface area contributed by atoms with Crippen LogP contribution in [0.1, 0.15) is 23.2 Å². The molecule has 0 aliphatic carbocycles. The van der Waals surface area contributed by atoms with Gasteiger partial charge < -0.3 is 10.2 Å². The number of carbonyl (C=O) groups excluding carboxylic acids is 1. The molecular formula is C22H24F2N4O. The number of amides is 1. The first kappa shape index (κ1) is 20.5. The van der Waals surface area contributed by atoms with Crippen LogP contribution >= 0.6 is 0 Å². The van der Waals surface area contributed by atoms with Crippen molar-refractivity contribution in [3.8, 4) is 11.3 Å². The van der Waals surface area contributed by atoms with Crippen molar-refractivity contribution in [2.24, 2.45) is 7.05 Å². The van der Waals surface area contributed by atoms with Crippen molar-refractivity contribution in [3.63, 3.8) is 0 Å². The molecule has 0 fully saturated rings. The Labute approximate surface area is 169 Å². The average molecular weight is 398 g/mol. The van der Waals surface area contributed by atoms with Gasteiger partial charge in [-0.25, -0.2) is 8.78 Å². The van der Waals surface area contributed by atoms with E-state index in [4.69, 9.17) is 0 Å². The van der Waals surface area contributed by atoms with Crippen LogP contribution in [0.5, 0.6) is 0 Å². The van der Waals surface area contributed by atoms with Gasteiger partial charge in [-0.15, -0.1) is 0 Å². The van der Waals surface area contributed by atoms with Gasteiger partial charge in [-0.2, -0.15) is 5.10 Å². The molecule has 0 aliphatic rings. The van der Waals surface area contributed by atoms with E-state index in [9.17, 15) is 13.6 Å². The van der Waals surface area contributed by atoms with Crippen LogP contribution in [-0.2, 0) is 7.05 Å². The summed E-state index contributed by atoms with van der Waals surface area (Å²) in [4.78, 5) is 14.7. The van der Waals surface area contributed by atoms with Crippen molar-refractivity contribution in [3.05, 3.63) is 71.9 Å². The number of rotatable bonds is 8. The number of halogens is 2. The number of carbonyl (C=O) groups is 1. The van der Waals surface area contributed by atoms with Crippen LogP contribution in [0.15, 0.2) is 54.7 Å². The average Bonchev–Trinajstić information content (AvgIpc) is 3.09. The van der Waals surface area contributed by atoms with Crippen LogP contribution < -0.4 is 10.2 Å². The molecule has 1 aromatic heterocycles. The molecule has 1 amide bonds. The molecule has 0 atom stereocenters. The van der Waals surface area contributed by atoms with Gasteiger partial charge in [0.25, 0.3) is 5.91 Å². The van der Waals surface area contributed by atoms with E-state index in [1.54, 1.807) is 7.05 Å². The van der Waals surface area contributed by atoms with E-state index >= 15 is 0 Å². The summed E-state index contributed by atoms with van der Waals surface area (Å²) in [7, 11) is 3.69. The summed E-state index contributed by atoms with van der Waals surface area (Å²) in [5.41, 5.74) is 1.71. The Hall–Kier alpha value is -3.22. The Balaban J connectivity index is 1.55. The highest BCUT2D eigenvalue weighted by Gasteiger charge is 2.19. The molecule has 7 heteroatoms. The lowest BCUT2D eigenvalue weighted by molar-refractivity contribution is 0.0953. The van der Waals surface area contributed by atoms with Gasteiger partial charge in [0.2, 0.25) is 0 Å². The first-order valence-electron chi connectivity index (χ1n) is 9.49. The molecule has 152 valence electrons. The van der Waals surface area contributed by atoms with Gasteiger partial charge in [0, 0.05) is 50.7 Å². The summed E-state index contributed by atoms with van der Waals surface area (Å²) in [5.74, 6) is -1.75. The lowest BCUT2D eigenvalue weighted by Gasteiger charge is -2.19. The van der Waals surface area contributed by atoms with Crippen molar-refractivity contribution in [2.75, 3.05) is 25.0 Å². The predicted octanol–water partition coefficient (Wildman–Crippen LogP) is 4.01. The van der Waals surface area contributed by atoms with Gasteiger partial charge in [0.1, 0.15) is 17.3 Å². The molecule has 0 radical (unpaired) electrons. The largest absolute Gasteiger partial charge is 0.375 e. The van der Waals surface area contributed by atoms with E-state index < -0.39 is 11.6 Å². The summed E-state index contributed by atoms with van der Waals surface area (Å²) in [6.07, 6.45) is 3.26. The third-order valence-corrected chi connectivity index (χ3v) is 4.66. The van der Waals surface area contributed by atoms with Crippen molar-refractivity contribution in [1.29, 1.82) is 0 Å². The second-order valence-electron chi connectivity index (χ2n) is 6.91. The van der Waals surface area contributed by atoms with Crippen molar-refractivity contribution in [2.45, 2.75) is 12.8 Å². The number of benzene rings is 2. The number of hydrogen-bond acceptors (Lipinski definition) is 3. The molecule has 0 unspecified atom stereocenters. The van der Waals surface area contributed by atoms with Crippen molar-refractivity contribution >= 4 is 11.6 Å². The Kier molecular flexibility index (Phi) is 6.59. The topological polar surface area (TPSA) is 50.2 Å². The molecule has 3 aromatic rings. The van der Waals surface area contributed by atoms with E-state index in [-0.39, 0.29) is 22.7 Å². The van der Waals surface area contributed by atoms with E-state index in [1.807, 2.05) is 25.2 Å². The molecule has 2 aromatic carbocycles. The van der Waals surface area contributed by atoms with Crippen LogP contribution in [0.2, 0.25) is 0 Å². The maximum atomic E-state index is 14.1. The van der Waals surface area contributed by atoms with E-state index in [1.165, 1.54) is 16.9 Å². The minimum Gasteiger partial charge on any atom is -0.375 e. The maximum Gasteiger partial charge on any atom is 0.255 e.